The van der Waals surface area contributed by atoms with Crippen molar-refractivity contribution in [2.45, 2.75) is 30.0 Å². The summed E-state index contributed by atoms with van der Waals surface area (Å²) in [6.45, 7) is 3.40. The molecule has 3 unspecified atom stereocenters. The van der Waals surface area contributed by atoms with Crippen LogP contribution in [0.1, 0.15) is 13.8 Å². The Labute approximate surface area is 128 Å². The van der Waals surface area contributed by atoms with Gasteiger partial charge in [-0.2, -0.15) is 0 Å². The maximum Gasteiger partial charge on any atom is 0.474 e. The van der Waals surface area contributed by atoms with E-state index < -0.39 is 13.2 Å². The third kappa shape index (κ3) is 10.1. The van der Waals surface area contributed by atoms with Crippen molar-refractivity contribution in [1.82, 2.24) is 0 Å². The fraction of sp³-hybridized carbons (Fsp3) is 1.00. The molecule has 0 amide bonds. The second-order valence-corrected chi connectivity index (χ2v) is 7.73. The number of phosphoric ester groups is 1. The Morgan fingerprint density at radius 3 is 1.67 bits per heavy atom. The Hall–Kier alpha value is 1.27. The SMILES string of the molecule is CC(Cl)COP(=O)(OCC(C)Cl)OCC(Cl)CCl. The fourth-order valence-corrected chi connectivity index (χ4v) is 2.66. The highest BCUT2D eigenvalue weighted by molar-refractivity contribution is 7.48. The van der Waals surface area contributed by atoms with Gasteiger partial charge in [-0.15, -0.1) is 46.4 Å². The van der Waals surface area contributed by atoms with Crippen LogP contribution in [0, 0.1) is 0 Å². The highest BCUT2D eigenvalue weighted by Crippen LogP contribution is 2.50. The van der Waals surface area contributed by atoms with E-state index in [1.165, 1.54) is 0 Å². The molecular formula is C9H17Cl4O4P. The second-order valence-electron chi connectivity index (χ2n) is 3.65. The van der Waals surface area contributed by atoms with Gasteiger partial charge in [0.25, 0.3) is 0 Å². The number of halogens is 4. The average Bonchev–Trinajstić information content (AvgIpc) is 2.31. The lowest BCUT2D eigenvalue weighted by molar-refractivity contribution is 0.115. The van der Waals surface area contributed by atoms with Gasteiger partial charge in [-0.1, -0.05) is 0 Å². The maximum absolute atomic E-state index is 12.2. The molecule has 0 N–H and O–H groups in total. The summed E-state index contributed by atoms with van der Waals surface area (Å²) in [6.07, 6.45) is 0. The molecule has 0 heterocycles. The number of hydrogen-bond acceptors (Lipinski definition) is 4. The van der Waals surface area contributed by atoms with E-state index in [1.807, 2.05) is 0 Å². The van der Waals surface area contributed by atoms with Crippen molar-refractivity contribution in [2.24, 2.45) is 0 Å². The molecular weight excluding hydrogens is 345 g/mol. The summed E-state index contributed by atoms with van der Waals surface area (Å²) in [5.74, 6) is 0.166. The van der Waals surface area contributed by atoms with Crippen molar-refractivity contribution in [2.75, 3.05) is 25.7 Å². The number of alkyl halides is 4. The first-order valence-corrected chi connectivity index (χ1v) is 8.61. The van der Waals surface area contributed by atoms with E-state index in [2.05, 4.69) is 0 Å². The Kier molecular flexibility index (Phi) is 10.8. The fourth-order valence-electron chi connectivity index (χ4n) is 0.716. The molecule has 4 nitrogen and oxygen atoms in total. The molecule has 0 radical (unpaired) electrons. The van der Waals surface area contributed by atoms with Gasteiger partial charge in [0.2, 0.25) is 0 Å². The van der Waals surface area contributed by atoms with Crippen molar-refractivity contribution in [3.8, 4) is 0 Å². The van der Waals surface area contributed by atoms with Gasteiger partial charge < -0.3 is 0 Å². The highest BCUT2D eigenvalue weighted by Gasteiger charge is 2.29. The summed E-state index contributed by atoms with van der Waals surface area (Å²) in [4.78, 5) is 0. The molecule has 0 aromatic carbocycles. The Balaban J connectivity index is 4.34. The van der Waals surface area contributed by atoms with Gasteiger partial charge in [0.15, 0.2) is 0 Å². The van der Waals surface area contributed by atoms with Crippen molar-refractivity contribution in [3.63, 3.8) is 0 Å². The molecule has 0 spiro atoms. The van der Waals surface area contributed by atoms with Crippen molar-refractivity contribution in [3.05, 3.63) is 0 Å². The predicted octanol–water partition coefficient (Wildman–Crippen LogP) is 4.25. The first-order valence-electron chi connectivity index (χ1n) is 5.31. The molecule has 0 aliphatic heterocycles. The molecule has 0 aromatic heterocycles. The zero-order valence-corrected chi connectivity index (χ0v) is 14.1. The second kappa shape index (κ2) is 10.1. The van der Waals surface area contributed by atoms with Crippen LogP contribution in [-0.2, 0) is 18.1 Å². The minimum atomic E-state index is -3.71. The molecule has 0 rings (SSSR count). The quantitative estimate of drug-likeness (QED) is 0.431. The zero-order valence-electron chi connectivity index (χ0n) is 10.2. The van der Waals surface area contributed by atoms with Gasteiger partial charge in [-0.25, -0.2) is 4.57 Å². The number of rotatable bonds is 10. The molecule has 9 heteroatoms. The maximum atomic E-state index is 12.2. The van der Waals surface area contributed by atoms with Crippen LogP contribution in [-0.4, -0.2) is 41.8 Å². The van der Waals surface area contributed by atoms with Gasteiger partial charge in [0.05, 0.1) is 36.0 Å². The van der Waals surface area contributed by atoms with E-state index in [4.69, 9.17) is 60.0 Å². The van der Waals surface area contributed by atoms with E-state index in [9.17, 15) is 4.57 Å². The monoisotopic (exact) mass is 360 g/mol. The van der Waals surface area contributed by atoms with Crippen LogP contribution in [0.15, 0.2) is 0 Å². The van der Waals surface area contributed by atoms with Crippen molar-refractivity contribution >= 4 is 54.2 Å². The van der Waals surface area contributed by atoms with Crippen LogP contribution in [0.5, 0.6) is 0 Å². The smallest absolute Gasteiger partial charge is 0.285 e. The third-order valence-corrected chi connectivity index (χ3v) is 3.96. The average molecular weight is 362 g/mol. The lowest BCUT2D eigenvalue weighted by atomic mass is 10.5. The summed E-state index contributed by atoms with van der Waals surface area (Å²) in [6, 6.07) is 0. The molecule has 0 saturated carbocycles. The first kappa shape index (κ1) is 19.3. The normalized spacial score (nSPS) is 20.1. The van der Waals surface area contributed by atoms with Crippen LogP contribution in [0.25, 0.3) is 0 Å². The highest BCUT2D eigenvalue weighted by atomic mass is 35.5. The first-order chi connectivity index (χ1) is 8.29. The molecule has 0 aliphatic rings. The van der Waals surface area contributed by atoms with Crippen molar-refractivity contribution in [1.29, 1.82) is 0 Å². The largest absolute Gasteiger partial charge is 0.474 e. The summed E-state index contributed by atoms with van der Waals surface area (Å²) < 4.78 is 27.3. The number of hydrogen-bond donors (Lipinski definition) is 0. The van der Waals surface area contributed by atoms with Crippen molar-refractivity contribution < 1.29 is 18.1 Å². The van der Waals surface area contributed by atoms with E-state index in [0.29, 0.717) is 0 Å². The Morgan fingerprint density at radius 1 is 0.944 bits per heavy atom. The molecule has 110 valence electrons. The van der Waals surface area contributed by atoms with Gasteiger partial charge in [-0.3, -0.25) is 13.6 Å². The lowest BCUT2D eigenvalue weighted by Crippen LogP contribution is -2.15. The lowest BCUT2D eigenvalue weighted by Gasteiger charge is -2.20. The zero-order chi connectivity index (χ0) is 14.2. The third-order valence-electron chi connectivity index (χ3n) is 1.51. The van der Waals surface area contributed by atoms with E-state index in [1.54, 1.807) is 13.8 Å². The Bertz CT molecular complexity index is 249. The van der Waals surface area contributed by atoms with Gasteiger partial charge in [0, 0.05) is 5.88 Å². The molecule has 18 heavy (non-hydrogen) atoms. The van der Waals surface area contributed by atoms with Gasteiger partial charge in [0.1, 0.15) is 0 Å². The molecule has 0 aliphatic carbocycles. The molecule has 3 atom stereocenters. The summed E-state index contributed by atoms with van der Waals surface area (Å²) >= 11 is 22.7. The van der Waals surface area contributed by atoms with E-state index in [-0.39, 0.29) is 36.5 Å². The summed E-state index contributed by atoms with van der Waals surface area (Å²) in [5.41, 5.74) is 0. The topological polar surface area (TPSA) is 44.8 Å². The van der Waals surface area contributed by atoms with Crippen LogP contribution in [0.3, 0.4) is 0 Å². The van der Waals surface area contributed by atoms with Crippen LogP contribution >= 0.6 is 54.2 Å². The Morgan fingerprint density at radius 2 is 1.33 bits per heavy atom. The standard InChI is InChI=1S/C9H17Cl4O4P/c1-7(11)4-15-18(14,16-5-8(2)12)17-6-9(13)3-10/h7-9H,3-6H2,1-2H3. The van der Waals surface area contributed by atoms with Crippen LogP contribution in [0.2, 0.25) is 0 Å². The molecule has 0 aromatic rings. The predicted molar refractivity (Wildman–Crippen MR) is 76.5 cm³/mol. The van der Waals surface area contributed by atoms with Crippen LogP contribution < -0.4 is 0 Å². The molecule has 0 fully saturated rings. The summed E-state index contributed by atoms with van der Waals surface area (Å²) in [5, 5.41) is -1.12. The molecule has 0 bridgehead atoms. The number of phosphoric acid groups is 1. The van der Waals surface area contributed by atoms with Gasteiger partial charge in [-0.05, 0) is 13.8 Å². The minimum absolute atomic E-state index is 0.0311. The van der Waals surface area contributed by atoms with E-state index >= 15 is 0 Å². The van der Waals surface area contributed by atoms with Gasteiger partial charge >= 0.3 is 7.82 Å². The molecule has 0 saturated heterocycles. The van der Waals surface area contributed by atoms with E-state index in [0.717, 1.165) is 0 Å². The minimum Gasteiger partial charge on any atom is -0.285 e. The van der Waals surface area contributed by atoms with Crippen LogP contribution in [0.4, 0.5) is 0 Å². The summed E-state index contributed by atoms with van der Waals surface area (Å²) in [7, 11) is -3.71.